The second kappa shape index (κ2) is 4.65. The molecule has 0 aliphatic carbocycles. The van der Waals surface area contributed by atoms with Crippen LogP contribution in [-0.2, 0) is 4.74 Å². The molecule has 88 valence electrons. The Labute approximate surface area is 97.6 Å². The number of hydrogen-bond acceptors (Lipinski definition) is 5. The number of aromatic amines is 1. The van der Waals surface area contributed by atoms with Crippen molar-refractivity contribution >= 4 is 5.97 Å². The molecule has 1 aromatic heterocycles. The van der Waals surface area contributed by atoms with Gasteiger partial charge >= 0.3 is 5.97 Å². The van der Waals surface area contributed by atoms with Gasteiger partial charge in [0.05, 0.1) is 14.2 Å². The zero-order valence-electron chi connectivity index (χ0n) is 9.43. The van der Waals surface area contributed by atoms with Gasteiger partial charge in [-0.3, -0.25) is 0 Å². The normalized spacial score (nSPS) is 10.0. The average molecular weight is 233 g/mol. The van der Waals surface area contributed by atoms with Gasteiger partial charge in [0, 0.05) is 5.56 Å². The summed E-state index contributed by atoms with van der Waals surface area (Å²) in [6.45, 7) is 0. The standard InChI is InChI=1S/C11H11N3O3/c1-16-8-5-3-7(4-6-8)9-10(11(15)17-2)13-14-12-9/h3-6H,1-2H3,(H,12,13,14). The Kier molecular flexibility index (Phi) is 3.04. The van der Waals surface area contributed by atoms with Crippen molar-refractivity contribution in [3.63, 3.8) is 0 Å². The number of carbonyl (C=O) groups is 1. The van der Waals surface area contributed by atoms with Crippen molar-refractivity contribution < 1.29 is 14.3 Å². The molecule has 0 unspecified atom stereocenters. The lowest BCUT2D eigenvalue weighted by atomic mass is 10.1. The number of benzene rings is 1. The SMILES string of the molecule is COC(=O)c1n[nH]nc1-c1ccc(OC)cc1. The molecule has 0 aliphatic rings. The lowest BCUT2D eigenvalue weighted by molar-refractivity contribution is 0.0595. The molecule has 17 heavy (non-hydrogen) atoms. The van der Waals surface area contributed by atoms with Gasteiger partial charge in [0.25, 0.3) is 0 Å². The molecule has 1 heterocycles. The minimum Gasteiger partial charge on any atom is -0.497 e. The van der Waals surface area contributed by atoms with E-state index in [0.717, 1.165) is 11.3 Å². The summed E-state index contributed by atoms with van der Waals surface area (Å²) >= 11 is 0. The number of aromatic nitrogens is 3. The highest BCUT2D eigenvalue weighted by molar-refractivity contribution is 5.93. The zero-order chi connectivity index (χ0) is 12.3. The molecule has 1 N–H and O–H groups in total. The van der Waals surface area contributed by atoms with Crippen molar-refractivity contribution in [1.29, 1.82) is 0 Å². The predicted molar refractivity (Wildman–Crippen MR) is 59.7 cm³/mol. The third kappa shape index (κ3) is 2.10. The first kappa shape index (κ1) is 11.1. The summed E-state index contributed by atoms with van der Waals surface area (Å²) < 4.78 is 9.67. The first-order chi connectivity index (χ1) is 8.26. The van der Waals surface area contributed by atoms with Gasteiger partial charge in [-0.05, 0) is 24.3 Å². The number of H-pyrrole nitrogens is 1. The van der Waals surface area contributed by atoms with E-state index in [0.29, 0.717) is 5.69 Å². The summed E-state index contributed by atoms with van der Waals surface area (Å²) in [6.07, 6.45) is 0. The minimum atomic E-state index is -0.524. The Balaban J connectivity index is 2.39. The Bertz CT molecular complexity index is 519. The third-order valence-corrected chi connectivity index (χ3v) is 2.29. The summed E-state index contributed by atoms with van der Waals surface area (Å²) in [5.74, 6) is 0.210. The van der Waals surface area contributed by atoms with Crippen LogP contribution in [0.15, 0.2) is 24.3 Å². The summed E-state index contributed by atoms with van der Waals surface area (Å²) in [5, 5.41) is 10.1. The Morgan fingerprint density at radius 2 is 1.88 bits per heavy atom. The van der Waals surface area contributed by atoms with E-state index >= 15 is 0 Å². The van der Waals surface area contributed by atoms with Gasteiger partial charge in [-0.2, -0.15) is 10.3 Å². The molecule has 2 rings (SSSR count). The van der Waals surface area contributed by atoms with Gasteiger partial charge in [-0.15, -0.1) is 5.10 Å². The van der Waals surface area contributed by atoms with Crippen LogP contribution in [0.5, 0.6) is 5.75 Å². The molecule has 0 saturated carbocycles. The van der Waals surface area contributed by atoms with Crippen LogP contribution in [0.3, 0.4) is 0 Å². The van der Waals surface area contributed by atoms with Crippen molar-refractivity contribution in [2.75, 3.05) is 14.2 Å². The molecule has 2 aromatic rings. The van der Waals surface area contributed by atoms with Crippen LogP contribution in [0.2, 0.25) is 0 Å². The van der Waals surface area contributed by atoms with E-state index in [-0.39, 0.29) is 5.69 Å². The van der Waals surface area contributed by atoms with E-state index in [2.05, 4.69) is 20.1 Å². The lowest BCUT2D eigenvalue weighted by Crippen LogP contribution is -2.03. The average Bonchev–Trinajstić information content (AvgIpc) is 2.87. The number of carbonyl (C=O) groups excluding carboxylic acids is 1. The van der Waals surface area contributed by atoms with Crippen molar-refractivity contribution in [3.05, 3.63) is 30.0 Å². The van der Waals surface area contributed by atoms with E-state index in [1.54, 1.807) is 31.4 Å². The van der Waals surface area contributed by atoms with Crippen LogP contribution in [0.4, 0.5) is 0 Å². The van der Waals surface area contributed by atoms with Crippen LogP contribution in [0, 0.1) is 0 Å². The molecule has 0 fully saturated rings. The Hall–Kier alpha value is -2.37. The Morgan fingerprint density at radius 1 is 1.18 bits per heavy atom. The quantitative estimate of drug-likeness (QED) is 0.808. The maximum absolute atomic E-state index is 11.4. The van der Waals surface area contributed by atoms with E-state index in [9.17, 15) is 4.79 Å². The first-order valence-electron chi connectivity index (χ1n) is 4.89. The van der Waals surface area contributed by atoms with Crippen LogP contribution in [-0.4, -0.2) is 35.6 Å². The number of hydrogen-bond donors (Lipinski definition) is 1. The van der Waals surface area contributed by atoms with Crippen LogP contribution < -0.4 is 4.74 Å². The van der Waals surface area contributed by atoms with Crippen molar-refractivity contribution in [3.8, 4) is 17.0 Å². The summed E-state index contributed by atoms with van der Waals surface area (Å²) in [5.41, 5.74) is 1.39. The molecule has 6 nitrogen and oxygen atoms in total. The van der Waals surface area contributed by atoms with Gasteiger partial charge in [-0.25, -0.2) is 4.79 Å². The fraction of sp³-hybridized carbons (Fsp3) is 0.182. The molecule has 0 spiro atoms. The second-order valence-electron chi connectivity index (χ2n) is 3.24. The molecule has 0 aliphatic heterocycles. The topological polar surface area (TPSA) is 77.1 Å². The maximum atomic E-state index is 11.4. The molecule has 6 heteroatoms. The lowest BCUT2D eigenvalue weighted by Gasteiger charge is -2.01. The molecule has 0 atom stereocenters. The van der Waals surface area contributed by atoms with E-state index in [1.165, 1.54) is 7.11 Å². The molecular weight excluding hydrogens is 222 g/mol. The fourth-order valence-electron chi connectivity index (χ4n) is 1.42. The van der Waals surface area contributed by atoms with E-state index in [1.807, 2.05) is 0 Å². The number of ether oxygens (including phenoxy) is 2. The largest absolute Gasteiger partial charge is 0.497 e. The highest BCUT2D eigenvalue weighted by Gasteiger charge is 2.18. The maximum Gasteiger partial charge on any atom is 0.360 e. The van der Waals surface area contributed by atoms with Crippen molar-refractivity contribution in [2.24, 2.45) is 0 Å². The monoisotopic (exact) mass is 233 g/mol. The third-order valence-electron chi connectivity index (χ3n) is 2.29. The number of methoxy groups -OCH3 is 2. The summed E-state index contributed by atoms with van der Waals surface area (Å²) in [6, 6.07) is 7.16. The van der Waals surface area contributed by atoms with Crippen LogP contribution in [0.1, 0.15) is 10.5 Å². The van der Waals surface area contributed by atoms with Gasteiger partial charge < -0.3 is 9.47 Å². The molecular formula is C11H11N3O3. The first-order valence-corrected chi connectivity index (χ1v) is 4.89. The highest BCUT2D eigenvalue weighted by atomic mass is 16.5. The highest BCUT2D eigenvalue weighted by Crippen LogP contribution is 2.22. The van der Waals surface area contributed by atoms with Gasteiger partial charge in [0.1, 0.15) is 11.4 Å². The summed E-state index contributed by atoms with van der Waals surface area (Å²) in [4.78, 5) is 11.4. The van der Waals surface area contributed by atoms with E-state index in [4.69, 9.17) is 4.74 Å². The smallest absolute Gasteiger partial charge is 0.360 e. The number of rotatable bonds is 3. The predicted octanol–water partition coefficient (Wildman–Crippen LogP) is 1.27. The molecule has 1 aromatic carbocycles. The van der Waals surface area contributed by atoms with Crippen molar-refractivity contribution in [1.82, 2.24) is 15.4 Å². The molecule has 0 amide bonds. The Morgan fingerprint density at radius 3 is 2.47 bits per heavy atom. The molecule has 0 radical (unpaired) electrons. The number of nitrogens with zero attached hydrogens (tertiary/aromatic N) is 2. The van der Waals surface area contributed by atoms with E-state index < -0.39 is 5.97 Å². The molecule has 0 saturated heterocycles. The van der Waals surface area contributed by atoms with Crippen LogP contribution in [0.25, 0.3) is 11.3 Å². The van der Waals surface area contributed by atoms with Gasteiger partial charge in [0.2, 0.25) is 0 Å². The molecule has 0 bridgehead atoms. The van der Waals surface area contributed by atoms with Gasteiger partial charge in [0.15, 0.2) is 5.69 Å². The zero-order valence-corrected chi connectivity index (χ0v) is 9.43. The number of nitrogens with one attached hydrogen (secondary N) is 1. The minimum absolute atomic E-state index is 0.165. The van der Waals surface area contributed by atoms with Crippen molar-refractivity contribution in [2.45, 2.75) is 0 Å². The number of esters is 1. The summed E-state index contributed by atoms with van der Waals surface area (Å²) in [7, 11) is 2.89. The second-order valence-corrected chi connectivity index (χ2v) is 3.24. The fourth-order valence-corrected chi connectivity index (χ4v) is 1.42. The van der Waals surface area contributed by atoms with Gasteiger partial charge in [-0.1, -0.05) is 0 Å². The van der Waals surface area contributed by atoms with Crippen LogP contribution >= 0.6 is 0 Å².